The second-order valence-corrected chi connectivity index (χ2v) is 28.2. The van der Waals surface area contributed by atoms with Gasteiger partial charge in [0.05, 0.1) is 33.6 Å². The molecule has 0 unspecified atom stereocenters. The molecular weight excluding hydrogens is 1310 g/mol. The van der Waals surface area contributed by atoms with E-state index in [-0.39, 0.29) is 6.71 Å². The van der Waals surface area contributed by atoms with Crippen LogP contribution in [0.25, 0.3) is 104 Å². The van der Waals surface area contributed by atoms with Gasteiger partial charge in [0.2, 0.25) is 0 Å². The third kappa shape index (κ3) is 10.0. The molecular formula is C102H68BN5. The summed E-state index contributed by atoms with van der Waals surface area (Å²) in [4.78, 5) is 10.3. The summed E-state index contributed by atoms with van der Waals surface area (Å²) in [6, 6.07) is 154. The Morgan fingerprint density at radius 2 is 0.537 bits per heavy atom. The normalized spacial score (nSPS) is 12.2. The largest absolute Gasteiger partial charge is 0.310 e. The third-order valence-electron chi connectivity index (χ3n) is 22.3. The van der Waals surface area contributed by atoms with E-state index in [9.17, 15) is 0 Å². The van der Waals surface area contributed by atoms with E-state index in [2.05, 4.69) is 437 Å². The van der Waals surface area contributed by atoms with Gasteiger partial charge in [-0.25, -0.2) is 0 Å². The number of hydrogen-bond donors (Lipinski definition) is 0. The van der Waals surface area contributed by atoms with Crippen molar-refractivity contribution in [3.8, 4) is 44.5 Å². The summed E-state index contributed by atoms with van der Waals surface area (Å²) in [6.45, 7) is -0.350. The summed E-state index contributed by atoms with van der Waals surface area (Å²) in [5, 5.41) is 9.32. The van der Waals surface area contributed by atoms with E-state index in [4.69, 9.17) is 0 Å². The number of hydrogen-bond acceptors (Lipinski definition) is 4. The molecule has 2 aliphatic rings. The lowest BCUT2D eigenvalue weighted by Crippen LogP contribution is -2.61. The molecule has 19 aromatic rings. The van der Waals surface area contributed by atoms with Crippen LogP contribution in [0.5, 0.6) is 0 Å². The molecule has 17 aromatic carbocycles. The Bertz CT molecular complexity index is 6530. The molecule has 2 aromatic heterocycles. The van der Waals surface area contributed by atoms with Crippen LogP contribution in [0, 0.1) is 0 Å². The zero-order valence-electron chi connectivity index (χ0n) is 59.1. The summed E-state index contributed by atoms with van der Waals surface area (Å²) in [5.74, 6) is 0. The van der Waals surface area contributed by atoms with E-state index in [1.807, 2.05) is 0 Å². The molecule has 0 saturated carbocycles. The van der Waals surface area contributed by atoms with E-state index in [0.717, 1.165) is 151 Å². The van der Waals surface area contributed by atoms with E-state index in [0.29, 0.717) is 0 Å². The van der Waals surface area contributed by atoms with Crippen LogP contribution in [0.3, 0.4) is 0 Å². The van der Waals surface area contributed by atoms with Crippen LogP contribution in [0.15, 0.2) is 413 Å². The SMILES string of the molecule is c1ccc(-c2cccc(-c3ccccc3)c2N2c3cc(N(c4ccccc4)c4ccccc4)ccc3B3c4ccc(N(c5ccccc5)c5ccccc5)cc4N(c4c(-c5ccccc5)cccc4-c4ccccc4)c4c3c2cc2c4c3cccc4c5ccccc5c5ccccc5c5ccccc5n2c43)cc1. The molecule has 0 fully saturated rings. The Balaban J connectivity index is 1.02. The Morgan fingerprint density at radius 3 is 0.963 bits per heavy atom. The van der Waals surface area contributed by atoms with Crippen molar-refractivity contribution in [2.75, 3.05) is 19.6 Å². The van der Waals surface area contributed by atoms with Crippen molar-refractivity contribution in [1.29, 1.82) is 0 Å². The fourth-order valence-corrected chi connectivity index (χ4v) is 17.8. The van der Waals surface area contributed by atoms with Crippen LogP contribution < -0.4 is 36.0 Å². The fourth-order valence-electron chi connectivity index (χ4n) is 17.8. The van der Waals surface area contributed by atoms with Crippen molar-refractivity contribution in [1.82, 2.24) is 4.40 Å². The Hall–Kier alpha value is -14.2. The number of anilines is 12. The highest BCUT2D eigenvalue weighted by atomic mass is 15.2. The maximum Gasteiger partial charge on any atom is 0.252 e. The number of benzene rings is 17. The standard InChI is InChI=1S/C102H68BN5/c1-9-34-69(35-10-1)79-55-31-56-80(70-36-11-2-12-37-70)99(79)107-93-66-77(104(73-42-17-5-18-43-73)74-44-19-6-20-45-74)62-64-90(93)103-91-65-63-78(105(75-46-21-7-22-47-75)76-48-23-8-24-49-76)67-94(91)108(100-81(71-38-13-3-14-39-71)57-32-58-82(100)72-40-15-4-16-41-72)102-97-89-60-33-59-88-86-53-28-26-51-84(86)83-50-25-27-52-85(83)87-54-29-30-61-92(87)106(101(88)89)95(97)68-96(107)98(102)103/h1-68H. The van der Waals surface area contributed by atoms with Crippen molar-refractivity contribution in [3.63, 3.8) is 0 Å². The Labute approximate surface area is 628 Å². The summed E-state index contributed by atoms with van der Waals surface area (Å²) >= 11 is 0. The smallest absolute Gasteiger partial charge is 0.252 e. The summed E-state index contributed by atoms with van der Waals surface area (Å²) in [7, 11) is 0. The van der Waals surface area contributed by atoms with Crippen LogP contribution in [-0.2, 0) is 0 Å². The molecule has 108 heavy (non-hydrogen) atoms. The van der Waals surface area contributed by atoms with Gasteiger partial charge >= 0.3 is 0 Å². The van der Waals surface area contributed by atoms with Crippen molar-refractivity contribution < 1.29 is 0 Å². The van der Waals surface area contributed by atoms with Crippen LogP contribution in [0.1, 0.15) is 0 Å². The summed E-state index contributed by atoms with van der Waals surface area (Å²) in [5.41, 5.74) is 28.5. The minimum atomic E-state index is -0.350. The number of nitrogens with zero attached hydrogens (tertiary/aromatic N) is 5. The van der Waals surface area contributed by atoms with Gasteiger partial charge in [-0.3, -0.25) is 0 Å². The van der Waals surface area contributed by atoms with Gasteiger partial charge in [0.1, 0.15) is 0 Å². The fraction of sp³-hybridized carbons (Fsp3) is 0. The monoisotopic (exact) mass is 1370 g/mol. The van der Waals surface area contributed by atoms with Gasteiger partial charge in [0.25, 0.3) is 6.71 Å². The first-order chi connectivity index (χ1) is 53.7. The molecule has 6 heteroatoms. The van der Waals surface area contributed by atoms with Gasteiger partial charge in [0.15, 0.2) is 0 Å². The lowest BCUT2D eigenvalue weighted by Gasteiger charge is -2.46. The number of rotatable bonds is 12. The number of para-hydroxylation sites is 8. The molecule has 0 amide bonds. The zero-order chi connectivity index (χ0) is 71.2. The highest BCUT2D eigenvalue weighted by Gasteiger charge is 2.47. The first-order valence-corrected chi connectivity index (χ1v) is 37.3. The lowest BCUT2D eigenvalue weighted by molar-refractivity contribution is 1.24. The van der Waals surface area contributed by atoms with Gasteiger partial charge < -0.3 is 24.0 Å². The van der Waals surface area contributed by atoms with Gasteiger partial charge in [-0.15, -0.1) is 0 Å². The average Bonchev–Trinajstić information content (AvgIpc) is 1.29. The first kappa shape index (κ1) is 62.4. The molecule has 21 rings (SSSR count). The molecule has 0 bridgehead atoms. The molecule has 0 radical (unpaired) electrons. The average molecular weight is 1370 g/mol. The highest BCUT2D eigenvalue weighted by molar-refractivity contribution is 7.00. The molecule has 504 valence electrons. The predicted octanol–water partition coefficient (Wildman–Crippen LogP) is 26.0. The van der Waals surface area contributed by atoms with Gasteiger partial charge in [-0.05, 0) is 145 Å². The van der Waals surface area contributed by atoms with E-state index >= 15 is 0 Å². The molecule has 4 heterocycles. The van der Waals surface area contributed by atoms with Gasteiger partial charge in [0, 0.05) is 95.0 Å². The van der Waals surface area contributed by atoms with Crippen LogP contribution in [-0.4, -0.2) is 11.1 Å². The predicted molar refractivity (Wildman–Crippen MR) is 459 cm³/mol. The molecule has 5 nitrogen and oxygen atoms in total. The first-order valence-electron chi connectivity index (χ1n) is 37.3. The second-order valence-electron chi connectivity index (χ2n) is 28.2. The molecule has 0 N–H and O–H groups in total. The second kappa shape index (κ2) is 25.9. The number of fused-ring (bicyclic) bond motifs is 15. The molecule has 0 aliphatic carbocycles. The molecule has 0 atom stereocenters. The quantitative estimate of drug-likeness (QED) is 0.113. The minimum absolute atomic E-state index is 0.350. The Morgan fingerprint density at radius 1 is 0.213 bits per heavy atom. The van der Waals surface area contributed by atoms with Crippen molar-refractivity contribution in [2.45, 2.75) is 0 Å². The third-order valence-corrected chi connectivity index (χ3v) is 22.3. The van der Waals surface area contributed by atoms with Crippen LogP contribution in [0.2, 0.25) is 0 Å². The van der Waals surface area contributed by atoms with E-state index in [1.54, 1.807) is 0 Å². The number of aromatic nitrogens is 1. The maximum atomic E-state index is 2.75. The van der Waals surface area contributed by atoms with Crippen LogP contribution >= 0.6 is 0 Å². The van der Waals surface area contributed by atoms with E-state index in [1.165, 1.54) is 37.9 Å². The molecule has 0 saturated heterocycles. The van der Waals surface area contributed by atoms with Crippen molar-refractivity contribution in [2.24, 2.45) is 0 Å². The lowest BCUT2D eigenvalue weighted by atomic mass is 9.33. The summed E-state index contributed by atoms with van der Waals surface area (Å²) in [6.07, 6.45) is 0. The van der Waals surface area contributed by atoms with Gasteiger partial charge in [-0.1, -0.05) is 328 Å². The molecule has 2 aliphatic heterocycles. The van der Waals surface area contributed by atoms with Gasteiger partial charge in [-0.2, -0.15) is 0 Å². The zero-order valence-corrected chi connectivity index (χ0v) is 59.1. The highest BCUT2D eigenvalue weighted by Crippen LogP contribution is 2.57. The van der Waals surface area contributed by atoms with Crippen molar-refractivity contribution in [3.05, 3.63) is 413 Å². The summed E-state index contributed by atoms with van der Waals surface area (Å²) < 4.78 is 2.66. The minimum Gasteiger partial charge on any atom is -0.310 e. The maximum absolute atomic E-state index is 2.75. The Kier molecular flexibility index (Phi) is 15.0. The molecule has 0 spiro atoms. The topological polar surface area (TPSA) is 17.4 Å². The van der Waals surface area contributed by atoms with Crippen molar-refractivity contribution >= 4 is 151 Å². The van der Waals surface area contributed by atoms with Crippen LogP contribution in [0.4, 0.5) is 68.2 Å². The van der Waals surface area contributed by atoms with E-state index < -0.39 is 0 Å².